The monoisotopic (exact) mass is 274 g/mol. The van der Waals surface area contributed by atoms with Gasteiger partial charge in [0.2, 0.25) is 5.79 Å². The van der Waals surface area contributed by atoms with E-state index >= 15 is 0 Å². The van der Waals surface area contributed by atoms with Gasteiger partial charge in [0.15, 0.2) is 0 Å². The Morgan fingerprint density at radius 3 is 1.68 bits per heavy atom. The van der Waals surface area contributed by atoms with Gasteiger partial charge in [0.05, 0.1) is 11.2 Å². The first-order chi connectivity index (χ1) is 8.54. The van der Waals surface area contributed by atoms with Gasteiger partial charge in [-0.25, -0.2) is 9.78 Å². The van der Waals surface area contributed by atoms with Crippen molar-refractivity contribution >= 4 is 0 Å². The lowest BCUT2D eigenvalue weighted by molar-refractivity contribution is -0.554. The van der Waals surface area contributed by atoms with Crippen LogP contribution in [0, 0.1) is 5.92 Å². The summed E-state index contributed by atoms with van der Waals surface area (Å²) in [6.07, 6.45) is 4.10. The molecule has 0 aromatic rings. The molecule has 1 atom stereocenters. The molecule has 0 bridgehead atoms. The summed E-state index contributed by atoms with van der Waals surface area (Å²) in [6.45, 7) is 13.9. The van der Waals surface area contributed by atoms with E-state index < -0.39 is 5.79 Å². The molecule has 1 unspecified atom stereocenters. The van der Waals surface area contributed by atoms with E-state index in [1.165, 1.54) is 6.42 Å². The highest BCUT2D eigenvalue weighted by Crippen LogP contribution is 2.39. The van der Waals surface area contributed by atoms with Crippen molar-refractivity contribution in [2.75, 3.05) is 0 Å². The topological polar surface area (TPSA) is 36.9 Å². The lowest BCUT2D eigenvalue weighted by atomic mass is 9.85. The lowest BCUT2D eigenvalue weighted by Crippen LogP contribution is -2.47. The quantitative estimate of drug-likeness (QED) is 0.433. The highest BCUT2D eigenvalue weighted by atomic mass is 17.3. The normalized spacial score (nSPS) is 24.5. The van der Waals surface area contributed by atoms with Crippen LogP contribution in [-0.4, -0.2) is 17.0 Å². The zero-order chi connectivity index (χ0) is 14.7. The third-order valence-electron chi connectivity index (χ3n) is 3.03. The fourth-order valence-electron chi connectivity index (χ4n) is 1.94. The second kappa shape index (κ2) is 6.08. The van der Waals surface area contributed by atoms with E-state index in [-0.39, 0.29) is 17.1 Å². The summed E-state index contributed by atoms with van der Waals surface area (Å²) >= 11 is 0. The largest absolute Gasteiger partial charge is 0.236 e. The summed E-state index contributed by atoms with van der Waals surface area (Å²) in [6, 6.07) is 0. The van der Waals surface area contributed by atoms with Crippen LogP contribution >= 0.6 is 0 Å². The van der Waals surface area contributed by atoms with Crippen molar-refractivity contribution in [2.24, 2.45) is 5.92 Å². The molecule has 1 saturated carbocycles. The molecular weight excluding hydrogens is 244 g/mol. The van der Waals surface area contributed by atoms with E-state index in [9.17, 15) is 0 Å². The fourth-order valence-corrected chi connectivity index (χ4v) is 1.94. The van der Waals surface area contributed by atoms with Crippen LogP contribution in [0.4, 0.5) is 0 Å². The van der Waals surface area contributed by atoms with Gasteiger partial charge in [-0.05, 0) is 54.4 Å². The van der Waals surface area contributed by atoms with E-state index in [2.05, 4.69) is 6.92 Å². The average Bonchev–Trinajstić information content (AvgIpc) is 2.24. The van der Waals surface area contributed by atoms with Crippen molar-refractivity contribution < 1.29 is 19.6 Å². The molecule has 0 aromatic carbocycles. The fraction of sp³-hybridized carbons (Fsp3) is 1.00. The van der Waals surface area contributed by atoms with E-state index in [1.807, 2.05) is 41.5 Å². The summed E-state index contributed by atoms with van der Waals surface area (Å²) in [5.74, 6) is -0.551. The molecule has 1 rings (SSSR count). The van der Waals surface area contributed by atoms with Crippen molar-refractivity contribution in [2.45, 2.75) is 91.1 Å². The van der Waals surface area contributed by atoms with Gasteiger partial charge in [-0.1, -0.05) is 13.3 Å². The molecule has 1 aliphatic carbocycles. The third kappa shape index (κ3) is 5.78. The van der Waals surface area contributed by atoms with Gasteiger partial charge in [0, 0.05) is 12.3 Å². The predicted molar refractivity (Wildman–Crippen MR) is 74.2 cm³/mol. The highest BCUT2D eigenvalue weighted by molar-refractivity contribution is 4.80. The smallest absolute Gasteiger partial charge is 0.228 e. The highest BCUT2D eigenvalue weighted by Gasteiger charge is 2.45. The molecule has 0 amide bonds. The molecule has 0 heterocycles. The Kier molecular flexibility index (Phi) is 5.41. The first-order valence-corrected chi connectivity index (χ1v) is 7.28. The SMILES string of the molecule is CC1CCCCC1(OOC(C)(C)C)OOC(C)(C)C. The molecule has 0 aliphatic heterocycles. The average molecular weight is 274 g/mol. The Balaban J connectivity index is 2.72. The van der Waals surface area contributed by atoms with Gasteiger partial charge in [0.1, 0.15) is 0 Å². The Morgan fingerprint density at radius 2 is 1.32 bits per heavy atom. The van der Waals surface area contributed by atoms with Gasteiger partial charge in [-0.3, -0.25) is 0 Å². The maximum absolute atomic E-state index is 5.70. The summed E-state index contributed by atoms with van der Waals surface area (Å²) in [7, 11) is 0. The van der Waals surface area contributed by atoms with Gasteiger partial charge in [-0.2, -0.15) is 9.78 Å². The first-order valence-electron chi connectivity index (χ1n) is 7.28. The summed E-state index contributed by atoms with van der Waals surface area (Å²) < 4.78 is 0. The molecule has 0 aromatic heterocycles. The zero-order valence-electron chi connectivity index (χ0n) is 13.5. The molecule has 4 nitrogen and oxygen atoms in total. The summed E-state index contributed by atoms with van der Waals surface area (Å²) in [4.78, 5) is 22.4. The molecule has 0 saturated heterocycles. The summed E-state index contributed by atoms with van der Waals surface area (Å²) in [5.41, 5.74) is -0.732. The molecule has 0 spiro atoms. The van der Waals surface area contributed by atoms with Crippen LogP contribution in [0.1, 0.15) is 74.1 Å². The molecule has 4 heteroatoms. The Hall–Kier alpha value is -0.160. The van der Waals surface area contributed by atoms with Crippen LogP contribution < -0.4 is 0 Å². The maximum atomic E-state index is 5.70. The van der Waals surface area contributed by atoms with Gasteiger partial charge in [-0.15, -0.1) is 0 Å². The van der Waals surface area contributed by atoms with E-state index in [4.69, 9.17) is 19.6 Å². The van der Waals surface area contributed by atoms with Crippen LogP contribution in [0.25, 0.3) is 0 Å². The molecule has 0 radical (unpaired) electrons. The van der Waals surface area contributed by atoms with Crippen LogP contribution in [0.3, 0.4) is 0 Å². The lowest BCUT2D eigenvalue weighted by Gasteiger charge is -2.41. The van der Waals surface area contributed by atoms with E-state index in [0.717, 1.165) is 19.3 Å². The molecule has 1 aliphatic rings. The zero-order valence-corrected chi connectivity index (χ0v) is 13.5. The number of hydrogen-bond donors (Lipinski definition) is 0. The van der Waals surface area contributed by atoms with Gasteiger partial charge in [0.25, 0.3) is 0 Å². The van der Waals surface area contributed by atoms with Crippen molar-refractivity contribution in [3.8, 4) is 0 Å². The van der Waals surface area contributed by atoms with Crippen molar-refractivity contribution in [3.63, 3.8) is 0 Å². The third-order valence-corrected chi connectivity index (χ3v) is 3.03. The standard InChI is InChI=1S/C15H30O4/c1-12-10-8-9-11-15(12,18-16-13(2,3)4)19-17-14(5,6)7/h12H,8-11H2,1-7H3. The number of hydrogen-bond acceptors (Lipinski definition) is 4. The first kappa shape index (κ1) is 16.9. The van der Waals surface area contributed by atoms with E-state index in [0.29, 0.717) is 0 Å². The molecule has 1 fully saturated rings. The van der Waals surface area contributed by atoms with Crippen molar-refractivity contribution in [1.82, 2.24) is 0 Å². The number of rotatable bonds is 4. The molecular formula is C15H30O4. The Morgan fingerprint density at radius 1 is 0.842 bits per heavy atom. The molecule has 114 valence electrons. The Bertz CT molecular complexity index is 257. The maximum Gasteiger partial charge on any atom is 0.236 e. The van der Waals surface area contributed by atoms with Crippen LogP contribution in [0.5, 0.6) is 0 Å². The minimum Gasteiger partial charge on any atom is -0.228 e. The predicted octanol–water partition coefficient (Wildman–Crippen LogP) is 4.39. The van der Waals surface area contributed by atoms with Gasteiger partial charge < -0.3 is 0 Å². The van der Waals surface area contributed by atoms with Crippen LogP contribution in [0.15, 0.2) is 0 Å². The summed E-state index contributed by atoms with van der Waals surface area (Å²) in [5, 5.41) is 0. The molecule has 0 N–H and O–H groups in total. The van der Waals surface area contributed by atoms with Crippen LogP contribution in [-0.2, 0) is 19.6 Å². The van der Waals surface area contributed by atoms with Crippen molar-refractivity contribution in [1.29, 1.82) is 0 Å². The molecule has 19 heavy (non-hydrogen) atoms. The second-order valence-corrected chi connectivity index (χ2v) is 7.52. The van der Waals surface area contributed by atoms with Crippen molar-refractivity contribution in [3.05, 3.63) is 0 Å². The van der Waals surface area contributed by atoms with Crippen LogP contribution in [0.2, 0.25) is 0 Å². The minimum absolute atomic E-state index is 0.242. The second-order valence-electron chi connectivity index (χ2n) is 7.52. The Labute approximate surface area is 117 Å². The van der Waals surface area contributed by atoms with E-state index in [1.54, 1.807) is 0 Å². The van der Waals surface area contributed by atoms with Gasteiger partial charge >= 0.3 is 0 Å². The minimum atomic E-state index is -0.793.